The van der Waals surface area contributed by atoms with Gasteiger partial charge in [0.05, 0.1) is 30.3 Å². The summed E-state index contributed by atoms with van der Waals surface area (Å²) in [5.41, 5.74) is 1.70. The maximum absolute atomic E-state index is 12.3. The van der Waals surface area contributed by atoms with E-state index in [2.05, 4.69) is 25.3 Å². The fraction of sp³-hybridized carbons (Fsp3) is 0.368. The fourth-order valence-electron chi connectivity index (χ4n) is 2.36. The molecule has 3 N–H and O–H groups in total. The highest BCUT2D eigenvalue weighted by molar-refractivity contribution is 14.0. The molecule has 0 spiro atoms. The van der Waals surface area contributed by atoms with Gasteiger partial charge in [0.25, 0.3) is 0 Å². The predicted molar refractivity (Wildman–Crippen MR) is 125 cm³/mol. The van der Waals surface area contributed by atoms with Crippen LogP contribution < -0.4 is 15.4 Å². The lowest BCUT2D eigenvalue weighted by Gasteiger charge is -2.11. The topological polar surface area (TPSA) is 105 Å². The molecule has 0 aliphatic carbocycles. The van der Waals surface area contributed by atoms with Crippen LogP contribution in [0.2, 0.25) is 0 Å². The van der Waals surface area contributed by atoms with Crippen LogP contribution in [0.25, 0.3) is 0 Å². The van der Waals surface area contributed by atoms with Crippen LogP contribution in [-0.2, 0) is 27.8 Å². The largest absolute Gasteiger partial charge is 0.383 e. The van der Waals surface area contributed by atoms with Crippen molar-refractivity contribution in [3.63, 3.8) is 0 Å². The zero-order valence-corrected chi connectivity index (χ0v) is 19.7. The number of hydrogen-bond acceptors (Lipinski definition) is 5. The number of nitrogens with zero attached hydrogens (tertiary/aromatic N) is 2. The normalized spacial score (nSPS) is 11.6. The number of nitrogens with one attached hydrogen (secondary N) is 3. The highest BCUT2D eigenvalue weighted by Crippen LogP contribution is 2.12. The van der Waals surface area contributed by atoms with Crippen molar-refractivity contribution >= 4 is 40.0 Å². The van der Waals surface area contributed by atoms with E-state index in [1.165, 1.54) is 7.11 Å². The van der Waals surface area contributed by atoms with Crippen LogP contribution in [0.1, 0.15) is 18.2 Å². The van der Waals surface area contributed by atoms with E-state index in [1.54, 1.807) is 24.4 Å². The molecule has 0 atom stereocenters. The molecule has 0 fully saturated rings. The van der Waals surface area contributed by atoms with Crippen molar-refractivity contribution < 1.29 is 13.2 Å². The highest BCUT2D eigenvalue weighted by atomic mass is 127. The van der Waals surface area contributed by atoms with E-state index in [0.29, 0.717) is 32.2 Å². The monoisotopic (exact) mass is 533 g/mol. The molecular formula is C19H28IN5O3S. The zero-order valence-electron chi connectivity index (χ0n) is 16.6. The maximum atomic E-state index is 12.3. The van der Waals surface area contributed by atoms with Gasteiger partial charge in [-0.05, 0) is 36.8 Å². The van der Waals surface area contributed by atoms with Gasteiger partial charge in [-0.3, -0.25) is 4.98 Å². The minimum Gasteiger partial charge on any atom is -0.383 e. The van der Waals surface area contributed by atoms with Gasteiger partial charge in [0, 0.05) is 26.4 Å². The summed E-state index contributed by atoms with van der Waals surface area (Å²) in [5, 5.41) is 6.39. The lowest BCUT2D eigenvalue weighted by atomic mass is 10.2. The number of halogens is 1. The third kappa shape index (κ3) is 9.07. The van der Waals surface area contributed by atoms with Crippen LogP contribution in [0.4, 0.5) is 0 Å². The Morgan fingerprint density at radius 1 is 1.17 bits per heavy atom. The van der Waals surface area contributed by atoms with Crippen molar-refractivity contribution in [2.75, 3.05) is 26.8 Å². The van der Waals surface area contributed by atoms with Crippen LogP contribution in [0, 0.1) is 0 Å². The number of pyridine rings is 1. The molecule has 160 valence electrons. The molecular weight excluding hydrogens is 505 g/mol. The Balaban J connectivity index is 0.00000420. The summed E-state index contributed by atoms with van der Waals surface area (Å²) in [7, 11) is -2.04. The third-order valence-electron chi connectivity index (χ3n) is 3.73. The molecule has 8 nitrogen and oxygen atoms in total. The minimum absolute atomic E-state index is 0. The standard InChI is InChI=1S/C19H27N5O3S.HI/c1-3-20-19(23-15-17-8-4-5-10-21-17)22-14-16-7-6-9-18(13-16)28(25,26)24-11-12-27-2;/h4-10,13,24H,3,11-12,14-15H2,1-2H3,(H2,20,22,23);1H. The number of ether oxygens (including phenoxy) is 1. The average Bonchev–Trinajstić information content (AvgIpc) is 2.71. The molecule has 0 amide bonds. The van der Waals surface area contributed by atoms with Gasteiger partial charge in [0.1, 0.15) is 0 Å². The second-order valence-corrected chi connectivity index (χ2v) is 7.67. The molecule has 1 aromatic carbocycles. The molecule has 0 saturated heterocycles. The first-order valence-corrected chi connectivity index (χ1v) is 10.5. The molecule has 0 unspecified atom stereocenters. The fourth-order valence-corrected chi connectivity index (χ4v) is 3.44. The third-order valence-corrected chi connectivity index (χ3v) is 5.19. The van der Waals surface area contributed by atoms with Crippen LogP contribution in [-0.4, -0.2) is 46.2 Å². The van der Waals surface area contributed by atoms with Gasteiger partial charge in [-0.15, -0.1) is 24.0 Å². The SMILES string of the molecule is CCNC(=NCc1cccc(S(=O)(=O)NCCOC)c1)NCc1ccccn1.I. The number of methoxy groups -OCH3 is 1. The van der Waals surface area contributed by atoms with Crippen LogP contribution >= 0.6 is 24.0 Å². The Kier molecular flexibility index (Phi) is 11.7. The molecule has 1 heterocycles. The van der Waals surface area contributed by atoms with Crippen molar-refractivity contribution in [3.8, 4) is 0 Å². The summed E-state index contributed by atoms with van der Waals surface area (Å²) in [5.74, 6) is 0.639. The highest BCUT2D eigenvalue weighted by Gasteiger charge is 2.13. The van der Waals surface area contributed by atoms with Crippen molar-refractivity contribution in [1.29, 1.82) is 0 Å². The molecule has 2 rings (SSSR count). The number of hydrogen-bond donors (Lipinski definition) is 3. The summed E-state index contributed by atoms with van der Waals surface area (Å²) in [6.45, 7) is 4.13. The first kappa shape index (κ1) is 25.3. The van der Waals surface area contributed by atoms with E-state index in [0.717, 1.165) is 11.3 Å². The number of aromatic nitrogens is 1. The van der Waals surface area contributed by atoms with Gasteiger partial charge < -0.3 is 15.4 Å². The second kappa shape index (κ2) is 13.5. The first-order valence-electron chi connectivity index (χ1n) is 9.05. The van der Waals surface area contributed by atoms with E-state index in [1.807, 2.05) is 31.2 Å². The Hall–Kier alpha value is -1.76. The van der Waals surface area contributed by atoms with E-state index < -0.39 is 10.0 Å². The molecule has 1 aromatic heterocycles. The van der Waals surface area contributed by atoms with Gasteiger partial charge in [-0.25, -0.2) is 18.1 Å². The zero-order chi connectivity index (χ0) is 20.2. The molecule has 0 radical (unpaired) electrons. The molecule has 2 aromatic rings. The van der Waals surface area contributed by atoms with Crippen LogP contribution in [0.5, 0.6) is 0 Å². The number of aliphatic imine (C=N–C) groups is 1. The summed E-state index contributed by atoms with van der Waals surface area (Å²) in [6.07, 6.45) is 1.74. The number of sulfonamides is 1. The van der Waals surface area contributed by atoms with Crippen molar-refractivity contribution in [2.45, 2.75) is 24.9 Å². The molecule has 0 aliphatic rings. The Morgan fingerprint density at radius 2 is 2.00 bits per heavy atom. The predicted octanol–water partition coefficient (Wildman–Crippen LogP) is 1.88. The average molecular weight is 533 g/mol. The molecule has 10 heteroatoms. The second-order valence-electron chi connectivity index (χ2n) is 5.91. The lowest BCUT2D eigenvalue weighted by Crippen LogP contribution is -2.37. The molecule has 0 saturated carbocycles. The van der Waals surface area contributed by atoms with E-state index >= 15 is 0 Å². The van der Waals surface area contributed by atoms with Crippen molar-refractivity contribution in [3.05, 3.63) is 59.9 Å². The van der Waals surface area contributed by atoms with E-state index in [-0.39, 0.29) is 35.4 Å². The Morgan fingerprint density at radius 3 is 2.69 bits per heavy atom. The maximum Gasteiger partial charge on any atom is 0.240 e. The van der Waals surface area contributed by atoms with Crippen molar-refractivity contribution in [2.24, 2.45) is 4.99 Å². The molecule has 0 aliphatic heterocycles. The summed E-state index contributed by atoms with van der Waals surface area (Å²) in [6, 6.07) is 12.5. The summed E-state index contributed by atoms with van der Waals surface area (Å²) >= 11 is 0. The van der Waals surface area contributed by atoms with E-state index in [4.69, 9.17) is 4.74 Å². The van der Waals surface area contributed by atoms with Crippen LogP contribution in [0.3, 0.4) is 0 Å². The quantitative estimate of drug-likeness (QED) is 0.187. The Labute approximate surface area is 189 Å². The van der Waals surface area contributed by atoms with E-state index in [9.17, 15) is 8.42 Å². The van der Waals surface area contributed by atoms with Crippen LogP contribution in [0.15, 0.2) is 58.5 Å². The van der Waals surface area contributed by atoms with Gasteiger partial charge in [-0.2, -0.15) is 0 Å². The molecule has 0 bridgehead atoms. The number of rotatable bonds is 10. The molecule has 29 heavy (non-hydrogen) atoms. The first-order chi connectivity index (χ1) is 13.5. The number of benzene rings is 1. The minimum atomic E-state index is -3.57. The van der Waals surface area contributed by atoms with Gasteiger partial charge in [-0.1, -0.05) is 18.2 Å². The van der Waals surface area contributed by atoms with Gasteiger partial charge in [0.15, 0.2) is 5.96 Å². The van der Waals surface area contributed by atoms with Gasteiger partial charge in [0.2, 0.25) is 10.0 Å². The van der Waals surface area contributed by atoms with Gasteiger partial charge >= 0.3 is 0 Å². The van der Waals surface area contributed by atoms with Crippen molar-refractivity contribution in [1.82, 2.24) is 20.3 Å². The smallest absolute Gasteiger partial charge is 0.240 e. The lowest BCUT2D eigenvalue weighted by molar-refractivity contribution is 0.204. The summed E-state index contributed by atoms with van der Waals surface area (Å²) in [4.78, 5) is 9.01. The Bertz CT molecular complexity index is 863. The summed E-state index contributed by atoms with van der Waals surface area (Å²) < 4.78 is 32.0. The number of guanidine groups is 1.